The lowest BCUT2D eigenvalue weighted by molar-refractivity contribution is -0.123. The Morgan fingerprint density at radius 1 is 1.04 bits per heavy atom. The molecule has 0 unspecified atom stereocenters. The SMILES string of the molecule is COc1ccc(C=C2SC(=O)N(Cc3ccc(F)cc3)C2=O)cc1OC. The van der Waals surface area contributed by atoms with Gasteiger partial charge in [-0.15, -0.1) is 0 Å². The third-order valence-electron chi connectivity index (χ3n) is 3.83. The fourth-order valence-corrected chi connectivity index (χ4v) is 3.34. The van der Waals surface area contributed by atoms with Gasteiger partial charge in [0.2, 0.25) is 0 Å². The Balaban J connectivity index is 1.81. The van der Waals surface area contributed by atoms with E-state index >= 15 is 0 Å². The van der Waals surface area contributed by atoms with E-state index in [2.05, 4.69) is 0 Å². The molecule has 1 aliphatic heterocycles. The van der Waals surface area contributed by atoms with Crippen LogP contribution >= 0.6 is 11.8 Å². The molecule has 0 radical (unpaired) electrons. The van der Waals surface area contributed by atoms with Gasteiger partial charge in [0.05, 0.1) is 25.7 Å². The van der Waals surface area contributed by atoms with Crippen LogP contribution in [0.3, 0.4) is 0 Å². The van der Waals surface area contributed by atoms with Gasteiger partial charge in [-0.05, 0) is 53.2 Å². The third kappa shape index (κ3) is 3.72. The van der Waals surface area contributed by atoms with E-state index in [0.717, 1.165) is 22.2 Å². The summed E-state index contributed by atoms with van der Waals surface area (Å²) in [4.78, 5) is 26.2. The molecule has 3 rings (SSSR count). The molecule has 134 valence electrons. The minimum Gasteiger partial charge on any atom is -0.493 e. The second kappa shape index (κ2) is 7.61. The Hall–Kier alpha value is -2.80. The first-order valence-electron chi connectivity index (χ1n) is 7.73. The van der Waals surface area contributed by atoms with Gasteiger partial charge in [-0.2, -0.15) is 0 Å². The fourth-order valence-electron chi connectivity index (χ4n) is 2.50. The highest BCUT2D eigenvalue weighted by Gasteiger charge is 2.35. The van der Waals surface area contributed by atoms with E-state index in [9.17, 15) is 14.0 Å². The number of ether oxygens (including phenoxy) is 2. The second-order valence-electron chi connectivity index (χ2n) is 5.51. The Morgan fingerprint density at radius 2 is 1.73 bits per heavy atom. The number of hydrogen-bond donors (Lipinski definition) is 0. The highest BCUT2D eigenvalue weighted by atomic mass is 32.2. The Morgan fingerprint density at radius 3 is 2.38 bits per heavy atom. The maximum absolute atomic E-state index is 13.0. The van der Waals surface area contributed by atoms with Crippen LogP contribution in [0.4, 0.5) is 9.18 Å². The van der Waals surface area contributed by atoms with E-state index < -0.39 is 0 Å². The molecule has 1 heterocycles. The van der Waals surface area contributed by atoms with Crippen LogP contribution < -0.4 is 9.47 Å². The van der Waals surface area contributed by atoms with Crippen LogP contribution in [0.15, 0.2) is 47.4 Å². The predicted molar refractivity (Wildman–Crippen MR) is 97.5 cm³/mol. The average Bonchev–Trinajstić information content (AvgIpc) is 2.90. The second-order valence-corrected chi connectivity index (χ2v) is 6.50. The van der Waals surface area contributed by atoms with Gasteiger partial charge in [-0.25, -0.2) is 4.39 Å². The van der Waals surface area contributed by atoms with Gasteiger partial charge in [0, 0.05) is 0 Å². The van der Waals surface area contributed by atoms with E-state index in [1.54, 1.807) is 43.5 Å². The molecular weight excluding hydrogens is 357 g/mol. The molecule has 5 nitrogen and oxygen atoms in total. The summed E-state index contributed by atoms with van der Waals surface area (Å²) >= 11 is 0.875. The molecule has 2 aromatic rings. The molecule has 0 bridgehead atoms. The number of hydrogen-bond acceptors (Lipinski definition) is 5. The van der Waals surface area contributed by atoms with Crippen molar-refractivity contribution in [3.05, 3.63) is 64.3 Å². The summed E-state index contributed by atoms with van der Waals surface area (Å²) in [6, 6.07) is 10.9. The zero-order valence-corrected chi connectivity index (χ0v) is 15.0. The largest absolute Gasteiger partial charge is 0.493 e. The van der Waals surface area contributed by atoms with Crippen molar-refractivity contribution < 1.29 is 23.5 Å². The number of halogens is 1. The molecule has 0 aliphatic carbocycles. The molecule has 2 amide bonds. The minimum absolute atomic E-state index is 0.105. The first kappa shape index (κ1) is 18.0. The summed E-state index contributed by atoms with van der Waals surface area (Å²) in [6.45, 7) is 0.105. The lowest BCUT2D eigenvalue weighted by Gasteiger charge is -2.12. The number of thioether (sulfide) groups is 1. The van der Waals surface area contributed by atoms with Crippen LogP contribution in [0.5, 0.6) is 11.5 Å². The van der Waals surface area contributed by atoms with Gasteiger partial charge in [0.25, 0.3) is 11.1 Å². The molecule has 7 heteroatoms. The molecule has 1 fully saturated rings. The standard InChI is InChI=1S/C19H16FNO4S/c1-24-15-8-5-13(9-16(15)25-2)10-17-18(22)21(19(23)26-17)11-12-3-6-14(20)7-4-12/h3-10H,11H2,1-2H3. The zero-order chi connectivity index (χ0) is 18.7. The molecule has 1 saturated heterocycles. The van der Waals surface area contributed by atoms with Crippen LogP contribution in [0.1, 0.15) is 11.1 Å². The first-order valence-corrected chi connectivity index (χ1v) is 8.55. The third-order valence-corrected chi connectivity index (χ3v) is 4.74. The topological polar surface area (TPSA) is 55.8 Å². The molecule has 1 aliphatic rings. The van der Waals surface area contributed by atoms with Crippen molar-refractivity contribution in [3.63, 3.8) is 0 Å². The quantitative estimate of drug-likeness (QED) is 0.739. The number of imide groups is 1. The molecular formula is C19H16FNO4S. The minimum atomic E-state index is -0.376. The van der Waals surface area contributed by atoms with Crippen LogP contribution in [-0.4, -0.2) is 30.3 Å². The Labute approximate surface area is 154 Å². The summed E-state index contributed by atoms with van der Waals surface area (Å²) in [5.41, 5.74) is 1.40. The molecule has 0 saturated carbocycles. The lowest BCUT2D eigenvalue weighted by Crippen LogP contribution is -2.27. The van der Waals surface area contributed by atoms with E-state index in [4.69, 9.17) is 9.47 Å². The maximum atomic E-state index is 13.0. The molecule has 0 atom stereocenters. The number of carbonyl (C=O) groups is 2. The number of nitrogens with zero attached hydrogens (tertiary/aromatic N) is 1. The first-order chi connectivity index (χ1) is 12.5. The predicted octanol–water partition coefficient (Wildman–Crippen LogP) is 4.08. The molecule has 0 spiro atoms. The average molecular weight is 373 g/mol. The summed E-state index contributed by atoms with van der Waals surface area (Å²) in [6.07, 6.45) is 1.64. The number of carbonyl (C=O) groups excluding carboxylic acids is 2. The smallest absolute Gasteiger partial charge is 0.293 e. The molecule has 2 aromatic carbocycles. The summed E-state index contributed by atoms with van der Waals surface area (Å²) < 4.78 is 23.4. The molecule has 26 heavy (non-hydrogen) atoms. The van der Waals surface area contributed by atoms with Crippen molar-refractivity contribution in [2.75, 3.05) is 14.2 Å². The monoisotopic (exact) mass is 373 g/mol. The van der Waals surface area contributed by atoms with Gasteiger partial charge in [-0.1, -0.05) is 18.2 Å². The normalized spacial score (nSPS) is 15.7. The van der Waals surface area contributed by atoms with Crippen molar-refractivity contribution in [2.45, 2.75) is 6.54 Å². The lowest BCUT2D eigenvalue weighted by atomic mass is 10.1. The maximum Gasteiger partial charge on any atom is 0.293 e. The van der Waals surface area contributed by atoms with Crippen LogP contribution in [0.2, 0.25) is 0 Å². The molecule has 0 N–H and O–H groups in total. The van der Waals surface area contributed by atoms with Crippen LogP contribution in [0.25, 0.3) is 6.08 Å². The fraction of sp³-hybridized carbons (Fsp3) is 0.158. The van der Waals surface area contributed by atoms with Gasteiger partial charge in [0.15, 0.2) is 11.5 Å². The van der Waals surface area contributed by atoms with Crippen molar-refractivity contribution in [2.24, 2.45) is 0 Å². The van der Waals surface area contributed by atoms with E-state index in [1.807, 2.05) is 0 Å². The van der Waals surface area contributed by atoms with Crippen molar-refractivity contribution in [1.82, 2.24) is 4.90 Å². The highest BCUT2D eigenvalue weighted by molar-refractivity contribution is 8.18. The van der Waals surface area contributed by atoms with Gasteiger partial charge >= 0.3 is 0 Å². The van der Waals surface area contributed by atoms with Gasteiger partial charge in [-0.3, -0.25) is 14.5 Å². The van der Waals surface area contributed by atoms with Crippen LogP contribution in [0, 0.1) is 5.82 Å². The summed E-state index contributed by atoms with van der Waals surface area (Å²) in [5.74, 6) is 0.371. The van der Waals surface area contributed by atoms with Gasteiger partial charge < -0.3 is 9.47 Å². The van der Waals surface area contributed by atoms with E-state index in [0.29, 0.717) is 22.0 Å². The zero-order valence-electron chi connectivity index (χ0n) is 14.2. The number of amides is 2. The summed E-state index contributed by atoms with van der Waals surface area (Å²) in [7, 11) is 3.07. The summed E-state index contributed by atoms with van der Waals surface area (Å²) in [5, 5.41) is -0.356. The van der Waals surface area contributed by atoms with Crippen LogP contribution in [-0.2, 0) is 11.3 Å². The highest BCUT2D eigenvalue weighted by Crippen LogP contribution is 2.35. The number of methoxy groups -OCH3 is 2. The van der Waals surface area contributed by atoms with Crippen molar-refractivity contribution in [3.8, 4) is 11.5 Å². The van der Waals surface area contributed by atoms with E-state index in [1.165, 1.54) is 19.2 Å². The number of benzene rings is 2. The number of rotatable bonds is 5. The Kier molecular flexibility index (Phi) is 5.27. The Bertz CT molecular complexity index is 880. The van der Waals surface area contributed by atoms with Gasteiger partial charge in [0.1, 0.15) is 5.82 Å². The molecule has 0 aromatic heterocycles. The van der Waals surface area contributed by atoms with E-state index in [-0.39, 0.29) is 23.5 Å². The van der Waals surface area contributed by atoms with Crippen molar-refractivity contribution in [1.29, 1.82) is 0 Å². The van der Waals surface area contributed by atoms with Crippen molar-refractivity contribution >= 4 is 29.0 Å².